The second-order valence-corrected chi connectivity index (χ2v) is 8.87. The van der Waals surface area contributed by atoms with E-state index in [0.29, 0.717) is 24.0 Å². The van der Waals surface area contributed by atoms with Crippen LogP contribution in [0.5, 0.6) is 11.5 Å². The maximum Gasteiger partial charge on any atom is 0.500 e. The zero-order valence-corrected chi connectivity index (χ0v) is 18.1. The van der Waals surface area contributed by atoms with Crippen LogP contribution in [0.2, 0.25) is 6.04 Å². The quantitative estimate of drug-likeness (QED) is 0.149. The molecular formula is C18H29NO8Si. The Labute approximate surface area is 166 Å². The molecule has 1 aromatic carbocycles. The van der Waals surface area contributed by atoms with Crippen molar-refractivity contribution in [2.45, 2.75) is 32.4 Å². The van der Waals surface area contributed by atoms with Crippen LogP contribution in [0.4, 0.5) is 5.69 Å². The third-order valence-corrected chi connectivity index (χ3v) is 6.94. The highest BCUT2D eigenvalue weighted by molar-refractivity contribution is 6.60. The third kappa shape index (κ3) is 6.88. The summed E-state index contributed by atoms with van der Waals surface area (Å²) in [5, 5.41) is 11.4. The summed E-state index contributed by atoms with van der Waals surface area (Å²) in [6.45, 7) is 2.32. The van der Waals surface area contributed by atoms with Crippen molar-refractivity contribution >= 4 is 14.5 Å². The number of hydrogen-bond donors (Lipinski definition) is 0. The van der Waals surface area contributed by atoms with Crippen molar-refractivity contribution in [3.05, 3.63) is 40.1 Å². The number of ether oxygens (including phenoxy) is 3. The Morgan fingerprint density at radius 3 is 2.29 bits per heavy atom. The van der Waals surface area contributed by atoms with E-state index in [9.17, 15) is 10.1 Å². The van der Waals surface area contributed by atoms with Crippen LogP contribution in [-0.2, 0) is 24.6 Å². The zero-order valence-electron chi connectivity index (χ0n) is 17.1. The first-order valence-corrected chi connectivity index (χ1v) is 10.8. The smallest absolute Gasteiger partial charge is 0.493 e. The number of benzene rings is 1. The van der Waals surface area contributed by atoms with Crippen molar-refractivity contribution in [1.82, 2.24) is 0 Å². The van der Waals surface area contributed by atoms with E-state index in [0.717, 1.165) is 12.8 Å². The molecule has 0 aliphatic rings. The van der Waals surface area contributed by atoms with Gasteiger partial charge in [0, 0.05) is 34.0 Å². The number of methoxy groups -OCH3 is 1. The molecule has 0 spiro atoms. The van der Waals surface area contributed by atoms with Crippen molar-refractivity contribution in [2.24, 2.45) is 0 Å². The highest BCUT2D eigenvalue weighted by atomic mass is 28.4. The van der Waals surface area contributed by atoms with Gasteiger partial charge in [-0.3, -0.25) is 10.1 Å². The minimum atomic E-state index is -2.58. The Morgan fingerprint density at radius 2 is 1.75 bits per heavy atom. The summed E-state index contributed by atoms with van der Waals surface area (Å²) in [6, 6.07) is 3.58. The Balaban J connectivity index is 2.67. The summed E-state index contributed by atoms with van der Waals surface area (Å²) in [5.74, 6) is 0.675. The van der Waals surface area contributed by atoms with Crippen LogP contribution in [0.15, 0.2) is 24.5 Å². The van der Waals surface area contributed by atoms with Crippen molar-refractivity contribution in [3.63, 3.8) is 0 Å². The van der Waals surface area contributed by atoms with Crippen LogP contribution in [0.1, 0.15) is 25.3 Å². The first-order valence-electron chi connectivity index (χ1n) is 8.83. The fourth-order valence-electron chi connectivity index (χ4n) is 2.55. The van der Waals surface area contributed by atoms with Gasteiger partial charge in [-0.25, -0.2) is 0 Å². The van der Waals surface area contributed by atoms with E-state index in [4.69, 9.17) is 27.5 Å². The van der Waals surface area contributed by atoms with E-state index in [2.05, 4.69) is 0 Å². The van der Waals surface area contributed by atoms with Gasteiger partial charge in [0.1, 0.15) is 0 Å². The highest BCUT2D eigenvalue weighted by Gasteiger charge is 2.36. The molecule has 10 heteroatoms. The molecule has 0 aliphatic carbocycles. The van der Waals surface area contributed by atoms with E-state index in [1.54, 1.807) is 40.4 Å². The van der Waals surface area contributed by atoms with Gasteiger partial charge in [-0.2, -0.15) is 0 Å². The molecule has 0 radical (unpaired) electrons. The van der Waals surface area contributed by atoms with E-state index in [1.807, 2.05) is 0 Å². The van der Waals surface area contributed by atoms with Gasteiger partial charge in [-0.1, -0.05) is 6.08 Å². The van der Waals surface area contributed by atoms with Gasteiger partial charge in [0.2, 0.25) is 0 Å². The van der Waals surface area contributed by atoms with E-state index < -0.39 is 13.7 Å². The second-order valence-electron chi connectivity index (χ2n) is 5.78. The molecule has 0 aromatic heterocycles. The van der Waals surface area contributed by atoms with Crippen molar-refractivity contribution in [3.8, 4) is 11.5 Å². The first kappa shape index (κ1) is 24.1. The number of hydrogen-bond acceptors (Lipinski definition) is 8. The normalized spacial score (nSPS) is 11.8. The predicted molar refractivity (Wildman–Crippen MR) is 106 cm³/mol. The Hall–Kier alpha value is -1.98. The molecule has 0 fully saturated rings. The van der Waals surface area contributed by atoms with Crippen LogP contribution < -0.4 is 9.47 Å². The lowest BCUT2D eigenvalue weighted by Gasteiger charge is -2.24. The second kappa shape index (κ2) is 12.5. The fourth-order valence-corrected chi connectivity index (χ4v) is 4.35. The maximum atomic E-state index is 11.4. The van der Waals surface area contributed by atoms with E-state index in [-0.39, 0.29) is 18.0 Å². The van der Waals surface area contributed by atoms with Gasteiger partial charge in [0.15, 0.2) is 11.5 Å². The summed E-state index contributed by atoms with van der Waals surface area (Å²) in [5.41, 5.74) is 0.342. The van der Waals surface area contributed by atoms with Crippen LogP contribution >= 0.6 is 0 Å². The molecule has 0 saturated heterocycles. The number of nitrogens with zero attached hydrogens (tertiary/aromatic N) is 1. The minimum Gasteiger partial charge on any atom is -0.493 e. The van der Waals surface area contributed by atoms with Gasteiger partial charge < -0.3 is 27.5 Å². The van der Waals surface area contributed by atoms with Crippen LogP contribution in [-0.4, -0.2) is 48.8 Å². The number of allylic oxidation sites excluding steroid dienone is 1. The van der Waals surface area contributed by atoms with Crippen LogP contribution in [0.3, 0.4) is 0 Å². The molecule has 158 valence electrons. The Kier molecular flexibility index (Phi) is 10.7. The molecule has 1 rings (SSSR count). The van der Waals surface area contributed by atoms with Gasteiger partial charge in [0.25, 0.3) is 5.69 Å². The van der Waals surface area contributed by atoms with Crippen molar-refractivity contribution in [2.75, 3.05) is 35.0 Å². The summed E-state index contributed by atoms with van der Waals surface area (Å²) < 4.78 is 32.4. The summed E-state index contributed by atoms with van der Waals surface area (Å²) in [4.78, 5) is 10.9. The van der Waals surface area contributed by atoms with Crippen molar-refractivity contribution < 1.29 is 32.4 Å². The minimum absolute atomic E-state index is 0.0788. The lowest BCUT2D eigenvalue weighted by atomic mass is 10.1. The molecule has 9 nitrogen and oxygen atoms in total. The van der Waals surface area contributed by atoms with Gasteiger partial charge >= 0.3 is 8.80 Å². The zero-order chi connectivity index (χ0) is 21.0. The van der Waals surface area contributed by atoms with Crippen LogP contribution in [0, 0.1) is 10.1 Å². The monoisotopic (exact) mass is 415 g/mol. The molecule has 0 saturated carbocycles. The van der Waals surface area contributed by atoms with Crippen LogP contribution in [0.25, 0.3) is 0 Å². The number of nitro groups is 1. The molecule has 0 aliphatic heterocycles. The molecule has 0 amide bonds. The third-order valence-electron chi connectivity index (χ3n) is 4.10. The Morgan fingerprint density at radius 1 is 1.07 bits per heavy atom. The predicted octanol–water partition coefficient (Wildman–Crippen LogP) is 3.69. The fraction of sp³-hybridized carbons (Fsp3) is 0.556. The van der Waals surface area contributed by atoms with Gasteiger partial charge in [-0.15, -0.1) is 0 Å². The molecular weight excluding hydrogens is 386 g/mol. The van der Waals surface area contributed by atoms with Gasteiger partial charge in [-0.05, 0) is 25.8 Å². The maximum absolute atomic E-state index is 11.4. The molecule has 0 N–H and O–H groups in total. The highest BCUT2D eigenvalue weighted by Crippen LogP contribution is 2.35. The largest absolute Gasteiger partial charge is 0.500 e. The molecule has 0 heterocycles. The topological polar surface area (TPSA) is 98.5 Å². The summed E-state index contributed by atoms with van der Waals surface area (Å²) in [6.07, 6.45) is 4.65. The van der Waals surface area contributed by atoms with Gasteiger partial charge in [0.05, 0.1) is 36.5 Å². The van der Waals surface area contributed by atoms with E-state index in [1.165, 1.54) is 19.4 Å². The average molecular weight is 416 g/mol. The number of unbranched alkanes of at least 4 members (excludes halogenated alkanes) is 1. The average Bonchev–Trinajstić information content (AvgIpc) is 2.72. The van der Waals surface area contributed by atoms with E-state index >= 15 is 0 Å². The molecule has 0 atom stereocenters. The summed E-state index contributed by atoms with van der Waals surface area (Å²) >= 11 is 0. The molecule has 1 aromatic rings. The van der Waals surface area contributed by atoms with Crippen molar-refractivity contribution in [1.29, 1.82) is 0 Å². The Bertz CT molecular complexity index is 640. The lowest BCUT2D eigenvalue weighted by Crippen LogP contribution is -2.42. The summed E-state index contributed by atoms with van der Waals surface area (Å²) in [7, 11) is 3.63. The SMILES string of the molecule is C/C=C/Oc1cc([N+](=O)[O-])c(COCCCC[Si](OC)(OC)OC)cc1OC. The number of rotatable bonds is 14. The lowest BCUT2D eigenvalue weighted by molar-refractivity contribution is -0.386. The standard InChI is InChI=1S/C18H29NO8Si/c1-6-9-27-18-13-16(19(20)21)15(12-17(18)22-2)14-26-10-7-8-11-28(23-3,24-4)25-5/h6,9,12-13H,7-8,10-11,14H2,1-5H3/b9-6+. The molecule has 0 unspecified atom stereocenters. The number of nitro benzene ring substituents is 1. The molecule has 0 bridgehead atoms. The molecule has 28 heavy (non-hydrogen) atoms. The first-order chi connectivity index (χ1) is 13.5.